The van der Waals surface area contributed by atoms with Crippen molar-refractivity contribution in [3.8, 4) is 5.75 Å². The van der Waals surface area contributed by atoms with Gasteiger partial charge in [-0.3, -0.25) is 9.48 Å². The summed E-state index contributed by atoms with van der Waals surface area (Å²) in [7, 11) is 0. The molecular weight excluding hydrogens is 506 g/mol. The summed E-state index contributed by atoms with van der Waals surface area (Å²) < 4.78 is 14.1. The number of nitrogens with zero attached hydrogens (tertiary/aromatic N) is 2. The molecular formula is C25H23BrClN3O3. The number of benzene rings is 2. The molecule has 1 amide bonds. The minimum absolute atomic E-state index is 0.154. The molecule has 4 aromatic rings. The van der Waals surface area contributed by atoms with Gasteiger partial charge in [-0.1, -0.05) is 57.4 Å². The van der Waals surface area contributed by atoms with E-state index >= 15 is 0 Å². The molecule has 0 unspecified atom stereocenters. The van der Waals surface area contributed by atoms with Crippen LogP contribution < -0.4 is 10.1 Å². The zero-order valence-electron chi connectivity index (χ0n) is 18.5. The molecule has 33 heavy (non-hydrogen) atoms. The molecule has 0 saturated carbocycles. The van der Waals surface area contributed by atoms with Crippen LogP contribution in [0.15, 0.2) is 63.5 Å². The molecule has 0 bridgehead atoms. The van der Waals surface area contributed by atoms with Crippen LogP contribution in [0.3, 0.4) is 0 Å². The van der Waals surface area contributed by atoms with Crippen molar-refractivity contribution in [2.75, 3.05) is 5.32 Å². The molecule has 0 aliphatic rings. The van der Waals surface area contributed by atoms with Gasteiger partial charge in [0.15, 0.2) is 5.76 Å². The van der Waals surface area contributed by atoms with Gasteiger partial charge in [-0.05, 0) is 56.7 Å². The van der Waals surface area contributed by atoms with Crippen molar-refractivity contribution in [1.82, 2.24) is 9.78 Å². The Balaban J connectivity index is 1.42. The van der Waals surface area contributed by atoms with Gasteiger partial charge < -0.3 is 14.5 Å². The highest BCUT2D eigenvalue weighted by Gasteiger charge is 2.18. The Kier molecular flexibility index (Phi) is 6.91. The number of nitrogens with one attached hydrogen (secondary N) is 1. The third kappa shape index (κ3) is 5.49. The molecule has 0 saturated heterocycles. The smallest absolute Gasteiger partial charge is 0.291 e. The molecule has 4 rings (SSSR count). The number of halogens is 2. The van der Waals surface area contributed by atoms with Crippen LogP contribution in [-0.4, -0.2) is 15.7 Å². The van der Waals surface area contributed by atoms with Crippen LogP contribution in [-0.2, 0) is 13.2 Å². The highest BCUT2D eigenvalue weighted by Crippen LogP contribution is 2.28. The normalized spacial score (nSPS) is 10.9. The summed E-state index contributed by atoms with van der Waals surface area (Å²) in [6, 6.07) is 17.0. The van der Waals surface area contributed by atoms with Crippen LogP contribution in [0, 0.1) is 20.8 Å². The van der Waals surface area contributed by atoms with Gasteiger partial charge in [0, 0.05) is 4.47 Å². The minimum atomic E-state index is -0.344. The first kappa shape index (κ1) is 23.1. The number of aromatic nitrogens is 2. The van der Waals surface area contributed by atoms with Gasteiger partial charge in [-0.15, -0.1) is 0 Å². The van der Waals surface area contributed by atoms with Crippen molar-refractivity contribution in [2.45, 2.75) is 33.9 Å². The molecule has 0 aliphatic heterocycles. The van der Waals surface area contributed by atoms with E-state index in [9.17, 15) is 4.79 Å². The van der Waals surface area contributed by atoms with Crippen LogP contribution in [0.4, 0.5) is 5.69 Å². The van der Waals surface area contributed by atoms with Gasteiger partial charge in [0.25, 0.3) is 5.91 Å². The highest BCUT2D eigenvalue weighted by molar-refractivity contribution is 9.10. The lowest BCUT2D eigenvalue weighted by molar-refractivity contribution is 0.0992. The number of carbonyl (C=O) groups is 1. The van der Waals surface area contributed by atoms with E-state index in [1.165, 1.54) is 5.56 Å². The summed E-state index contributed by atoms with van der Waals surface area (Å²) in [5.41, 5.74) is 4.66. The van der Waals surface area contributed by atoms with E-state index in [2.05, 4.69) is 57.5 Å². The van der Waals surface area contributed by atoms with E-state index in [-0.39, 0.29) is 18.3 Å². The molecule has 1 N–H and O–H groups in total. The summed E-state index contributed by atoms with van der Waals surface area (Å²) in [5, 5.41) is 8.01. The first-order chi connectivity index (χ1) is 15.8. The third-order valence-electron chi connectivity index (χ3n) is 5.22. The zero-order chi connectivity index (χ0) is 23.5. The van der Waals surface area contributed by atoms with Crippen LogP contribution in [0.2, 0.25) is 5.02 Å². The SMILES string of the molecule is Cc1ccc(Cn2nc(C)c(NC(=O)c3ccc(COc4ccc(Br)cc4Cl)o3)c2C)cc1. The van der Waals surface area contributed by atoms with Gasteiger partial charge in [-0.2, -0.15) is 5.10 Å². The second kappa shape index (κ2) is 9.85. The number of hydrogen-bond donors (Lipinski definition) is 1. The lowest BCUT2D eigenvalue weighted by Crippen LogP contribution is -2.12. The van der Waals surface area contributed by atoms with Crippen LogP contribution in [0.25, 0.3) is 0 Å². The molecule has 0 fully saturated rings. The Morgan fingerprint density at radius 3 is 2.61 bits per heavy atom. The molecule has 6 nitrogen and oxygen atoms in total. The number of furan rings is 1. The number of hydrogen-bond acceptors (Lipinski definition) is 4. The van der Waals surface area contributed by atoms with E-state index in [1.54, 1.807) is 24.3 Å². The largest absolute Gasteiger partial charge is 0.484 e. The maximum absolute atomic E-state index is 12.8. The third-order valence-corrected chi connectivity index (χ3v) is 6.01. The van der Waals surface area contributed by atoms with Gasteiger partial charge in [0.05, 0.1) is 28.6 Å². The molecule has 0 radical (unpaired) electrons. The number of ether oxygens (including phenoxy) is 1. The molecule has 2 heterocycles. The number of carbonyl (C=O) groups excluding carboxylic acids is 1. The van der Waals surface area contributed by atoms with Crippen molar-refractivity contribution in [3.63, 3.8) is 0 Å². The summed E-state index contributed by atoms with van der Waals surface area (Å²) in [4.78, 5) is 12.8. The standard InChI is InChI=1S/C25H23BrClN3O3/c1-15-4-6-18(7-5-15)13-30-17(3)24(16(2)29-30)28-25(31)23-11-9-20(33-23)14-32-22-10-8-19(26)12-21(22)27/h4-12H,13-14H2,1-3H3,(H,28,31). The average molecular weight is 529 g/mol. The first-order valence-corrected chi connectivity index (χ1v) is 11.5. The predicted octanol–water partition coefficient (Wildman–Crippen LogP) is 6.70. The molecule has 2 aromatic heterocycles. The van der Waals surface area contributed by atoms with Gasteiger partial charge in [0.1, 0.15) is 18.1 Å². The van der Waals surface area contributed by atoms with E-state index < -0.39 is 0 Å². The number of amides is 1. The quantitative estimate of drug-likeness (QED) is 0.290. The molecule has 0 aliphatic carbocycles. The Morgan fingerprint density at radius 1 is 1.12 bits per heavy atom. The predicted molar refractivity (Wildman–Crippen MR) is 132 cm³/mol. The van der Waals surface area contributed by atoms with Crippen molar-refractivity contribution < 1.29 is 13.9 Å². The van der Waals surface area contributed by atoms with Crippen molar-refractivity contribution >= 4 is 39.1 Å². The lowest BCUT2D eigenvalue weighted by atomic mass is 10.1. The minimum Gasteiger partial charge on any atom is -0.484 e. The second-order valence-electron chi connectivity index (χ2n) is 7.77. The fourth-order valence-electron chi connectivity index (χ4n) is 3.39. The molecule has 0 spiro atoms. The molecule has 2 aromatic carbocycles. The first-order valence-electron chi connectivity index (χ1n) is 10.4. The topological polar surface area (TPSA) is 69.3 Å². The lowest BCUT2D eigenvalue weighted by Gasteiger charge is -2.07. The Bertz CT molecular complexity index is 1290. The number of aryl methyl sites for hydroxylation is 2. The Hall–Kier alpha value is -3.03. The van der Waals surface area contributed by atoms with Gasteiger partial charge >= 0.3 is 0 Å². The second-order valence-corrected chi connectivity index (χ2v) is 9.10. The summed E-state index contributed by atoms with van der Waals surface area (Å²) in [6.07, 6.45) is 0. The summed E-state index contributed by atoms with van der Waals surface area (Å²) in [5.74, 6) is 0.904. The van der Waals surface area contributed by atoms with E-state index in [0.717, 1.165) is 21.4 Å². The van der Waals surface area contributed by atoms with Crippen molar-refractivity contribution in [2.24, 2.45) is 0 Å². The van der Waals surface area contributed by atoms with Crippen LogP contribution >= 0.6 is 27.5 Å². The van der Waals surface area contributed by atoms with Gasteiger partial charge in [0.2, 0.25) is 0 Å². The highest BCUT2D eigenvalue weighted by atomic mass is 79.9. The van der Waals surface area contributed by atoms with Crippen LogP contribution in [0.1, 0.15) is 38.8 Å². The number of rotatable bonds is 7. The van der Waals surface area contributed by atoms with Gasteiger partial charge in [-0.25, -0.2) is 0 Å². The van der Waals surface area contributed by atoms with E-state index in [4.69, 9.17) is 20.8 Å². The maximum Gasteiger partial charge on any atom is 0.291 e. The Morgan fingerprint density at radius 2 is 1.88 bits per heavy atom. The monoisotopic (exact) mass is 527 g/mol. The van der Waals surface area contributed by atoms with Crippen molar-refractivity contribution in [1.29, 1.82) is 0 Å². The number of anilines is 1. The molecule has 0 atom stereocenters. The van der Waals surface area contributed by atoms with Crippen molar-refractivity contribution in [3.05, 3.63) is 98.1 Å². The maximum atomic E-state index is 12.8. The average Bonchev–Trinajstić information content (AvgIpc) is 3.35. The van der Waals surface area contributed by atoms with E-state index in [1.807, 2.05) is 24.6 Å². The van der Waals surface area contributed by atoms with Crippen LogP contribution in [0.5, 0.6) is 5.75 Å². The van der Waals surface area contributed by atoms with E-state index in [0.29, 0.717) is 28.8 Å². The Labute approximate surface area is 205 Å². The summed E-state index contributed by atoms with van der Waals surface area (Å²) >= 11 is 9.53. The zero-order valence-corrected chi connectivity index (χ0v) is 20.8. The fourth-order valence-corrected chi connectivity index (χ4v) is 4.12. The fraction of sp³-hybridized carbons (Fsp3) is 0.200. The summed E-state index contributed by atoms with van der Waals surface area (Å²) in [6.45, 7) is 6.65. The molecule has 8 heteroatoms. The molecule has 170 valence electrons.